The van der Waals surface area contributed by atoms with Gasteiger partial charge in [-0.3, -0.25) is 0 Å². The normalized spacial score (nSPS) is 13.5. The maximum atomic E-state index is 12.4. The zero-order chi connectivity index (χ0) is 12.9. The molecule has 3 nitrogen and oxygen atoms in total. The molecule has 96 valence electrons. The van der Waals surface area contributed by atoms with Gasteiger partial charge in [0.15, 0.2) is 0 Å². The summed E-state index contributed by atoms with van der Waals surface area (Å²) in [6, 6.07) is 1.85. The van der Waals surface area contributed by atoms with Crippen molar-refractivity contribution in [3.05, 3.63) is 23.9 Å². The van der Waals surface area contributed by atoms with Gasteiger partial charge in [0, 0.05) is 18.8 Å². The Morgan fingerprint density at radius 3 is 2.76 bits per heavy atom. The molecular formula is C11H16F3N3. The summed E-state index contributed by atoms with van der Waals surface area (Å²) >= 11 is 0. The predicted molar refractivity (Wildman–Crippen MR) is 60.6 cm³/mol. The molecule has 1 aromatic rings. The number of pyridine rings is 1. The van der Waals surface area contributed by atoms with Crippen LogP contribution in [0.4, 0.5) is 19.0 Å². The summed E-state index contributed by atoms with van der Waals surface area (Å²) in [5, 5.41) is 2.81. The molecule has 0 aliphatic heterocycles. The lowest BCUT2D eigenvalue weighted by Crippen LogP contribution is -2.29. The van der Waals surface area contributed by atoms with Crippen LogP contribution in [0.3, 0.4) is 0 Å². The molecule has 0 saturated heterocycles. The molecule has 17 heavy (non-hydrogen) atoms. The van der Waals surface area contributed by atoms with Crippen LogP contribution in [0.5, 0.6) is 0 Å². The standard InChI is InChI=1S/C11H16F3N3/c1-2-3-9(15)7-17-10-6-8(4-5-16-10)11(12,13)14/h4-6,9H,2-3,7,15H2,1H3,(H,16,17). The van der Waals surface area contributed by atoms with Gasteiger partial charge in [0.1, 0.15) is 5.82 Å². The minimum absolute atomic E-state index is 0.0728. The molecule has 0 fully saturated rings. The van der Waals surface area contributed by atoms with E-state index in [9.17, 15) is 13.2 Å². The average molecular weight is 247 g/mol. The van der Waals surface area contributed by atoms with Gasteiger partial charge in [-0.25, -0.2) is 4.98 Å². The number of hydrogen-bond donors (Lipinski definition) is 2. The van der Waals surface area contributed by atoms with Gasteiger partial charge in [0.2, 0.25) is 0 Å². The Balaban J connectivity index is 2.60. The van der Waals surface area contributed by atoms with Gasteiger partial charge < -0.3 is 11.1 Å². The Bertz CT molecular complexity index is 352. The fraction of sp³-hybridized carbons (Fsp3) is 0.545. The van der Waals surface area contributed by atoms with Crippen LogP contribution < -0.4 is 11.1 Å². The third-order valence-electron chi connectivity index (χ3n) is 2.29. The van der Waals surface area contributed by atoms with E-state index in [2.05, 4.69) is 10.3 Å². The largest absolute Gasteiger partial charge is 0.416 e. The molecule has 1 atom stereocenters. The second-order valence-corrected chi connectivity index (χ2v) is 3.86. The summed E-state index contributed by atoms with van der Waals surface area (Å²) in [5.74, 6) is 0.200. The number of anilines is 1. The van der Waals surface area contributed by atoms with E-state index in [0.29, 0.717) is 6.54 Å². The molecule has 1 aromatic heterocycles. The minimum Gasteiger partial charge on any atom is -0.369 e. The number of nitrogens with one attached hydrogen (secondary N) is 1. The maximum absolute atomic E-state index is 12.4. The summed E-state index contributed by atoms with van der Waals surface area (Å²) in [6.07, 6.45) is -1.44. The topological polar surface area (TPSA) is 50.9 Å². The van der Waals surface area contributed by atoms with Gasteiger partial charge in [-0.05, 0) is 18.6 Å². The summed E-state index contributed by atoms with van der Waals surface area (Å²) < 4.78 is 37.2. The Morgan fingerprint density at radius 1 is 1.47 bits per heavy atom. The fourth-order valence-electron chi connectivity index (χ4n) is 1.41. The van der Waals surface area contributed by atoms with Crippen LogP contribution in [0, 0.1) is 0 Å². The van der Waals surface area contributed by atoms with Crippen LogP contribution in [-0.4, -0.2) is 17.6 Å². The van der Waals surface area contributed by atoms with E-state index in [1.54, 1.807) is 0 Å². The monoisotopic (exact) mass is 247 g/mol. The first-order valence-electron chi connectivity index (χ1n) is 5.46. The van der Waals surface area contributed by atoms with Crippen LogP contribution in [-0.2, 0) is 6.18 Å². The second kappa shape index (κ2) is 5.86. The zero-order valence-electron chi connectivity index (χ0n) is 9.59. The Hall–Kier alpha value is -1.30. The number of halogens is 3. The summed E-state index contributed by atoms with van der Waals surface area (Å²) in [5.41, 5.74) is 5.03. The van der Waals surface area contributed by atoms with Gasteiger partial charge in [0.25, 0.3) is 0 Å². The molecule has 0 amide bonds. The van der Waals surface area contributed by atoms with Crippen LogP contribution in [0.1, 0.15) is 25.3 Å². The van der Waals surface area contributed by atoms with Crippen molar-refractivity contribution >= 4 is 5.82 Å². The zero-order valence-corrected chi connectivity index (χ0v) is 9.59. The lowest BCUT2D eigenvalue weighted by Gasteiger charge is -2.13. The summed E-state index contributed by atoms with van der Waals surface area (Å²) in [6.45, 7) is 2.42. The van der Waals surface area contributed by atoms with Crippen molar-refractivity contribution in [2.75, 3.05) is 11.9 Å². The van der Waals surface area contributed by atoms with Crippen molar-refractivity contribution in [2.24, 2.45) is 5.73 Å². The highest BCUT2D eigenvalue weighted by Crippen LogP contribution is 2.29. The molecule has 0 bridgehead atoms. The highest BCUT2D eigenvalue weighted by molar-refractivity contribution is 5.38. The van der Waals surface area contributed by atoms with Crippen molar-refractivity contribution in [2.45, 2.75) is 32.0 Å². The maximum Gasteiger partial charge on any atom is 0.416 e. The smallest absolute Gasteiger partial charge is 0.369 e. The Labute approximate surface area is 98.2 Å². The molecule has 0 spiro atoms. The molecule has 6 heteroatoms. The molecule has 0 aliphatic rings. The van der Waals surface area contributed by atoms with Crippen LogP contribution >= 0.6 is 0 Å². The molecule has 3 N–H and O–H groups in total. The lowest BCUT2D eigenvalue weighted by atomic mass is 10.2. The minimum atomic E-state index is -4.34. The van der Waals surface area contributed by atoms with Crippen molar-refractivity contribution in [1.82, 2.24) is 4.98 Å². The third kappa shape index (κ3) is 4.60. The summed E-state index contributed by atoms with van der Waals surface area (Å²) in [7, 11) is 0. The van der Waals surface area contributed by atoms with Gasteiger partial charge in [0.05, 0.1) is 5.56 Å². The van der Waals surface area contributed by atoms with Crippen molar-refractivity contribution in [3.8, 4) is 0 Å². The van der Waals surface area contributed by atoms with E-state index in [1.165, 1.54) is 0 Å². The van der Waals surface area contributed by atoms with Crippen LogP contribution in [0.2, 0.25) is 0 Å². The Kier molecular flexibility index (Phi) is 4.74. The van der Waals surface area contributed by atoms with Gasteiger partial charge >= 0.3 is 6.18 Å². The van der Waals surface area contributed by atoms with E-state index in [1.807, 2.05) is 6.92 Å². The van der Waals surface area contributed by atoms with E-state index in [0.717, 1.165) is 31.2 Å². The highest BCUT2D eigenvalue weighted by atomic mass is 19.4. The van der Waals surface area contributed by atoms with Crippen LogP contribution in [0.25, 0.3) is 0 Å². The Morgan fingerprint density at radius 2 is 2.18 bits per heavy atom. The van der Waals surface area contributed by atoms with Crippen molar-refractivity contribution < 1.29 is 13.2 Å². The molecule has 1 unspecified atom stereocenters. The van der Waals surface area contributed by atoms with E-state index in [-0.39, 0.29) is 11.9 Å². The van der Waals surface area contributed by atoms with E-state index >= 15 is 0 Å². The highest BCUT2D eigenvalue weighted by Gasteiger charge is 2.30. The summed E-state index contributed by atoms with van der Waals surface area (Å²) in [4.78, 5) is 3.82. The molecule has 1 heterocycles. The molecule has 0 aliphatic carbocycles. The first-order valence-corrected chi connectivity index (χ1v) is 5.46. The number of rotatable bonds is 5. The second-order valence-electron chi connectivity index (χ2n) is 3.86. The SMILES string of the molecule is CCCC(N)CNc1cc(C(F)(F)F)ccn1. The number of hydrogen-bond acceptors (Lipinski definition) is 3. The lowest BCUT2D eigenvalue weighted by molar-refractivity contribution is -0.137. The first kappa shape index (κ1) is 13.8. The predicted octanol–water partition coefficient (Wildman–Crippen LogP) is 2.64. The van der Waals surface area contributed by atoms with E-state index < -0.39 is 11.7 Å². The molecule has 0 saturated carbocycles. The molecule has 0 aromatic carbocycles. The average Bonchev–Trinajstić information content (AvgIpc) is 2.26. The third-order valence-corrected chi connectivity index (χ3v) is 2.29. The fourth-order valence-corrected chi connectivity index (χ4v) is 1.41. The number of alkyl halides is 3. The quantitative estimate of drug-likeness (QED) is 0.841. The first-order chi connectivity index (χ1) is 7.93. The number of nitrogens with two attached hydrogens (primary N) is 1. The molecule has 0 radical (unpaired) electrons. The molecular weight excluding hydrogens is 231 g/mol. The van der Waals surface area contributed by atoms with Gasteiger partial charge in [-0.1, -0.05) is 13.3 Å². The van der Waals surface area contributed by atoms with Crippen LogP contribution in [0.15, 0.2) is 18.3 Å². The number of aromatic nitrogens is 1. The van der Waals surface area contributed by atoms with Gasteiger partial charge in [-0.15, -0.1) is 0 Å². The van der Waals surface area contributed by atoms with Crippen molar-refractivity contribution in [3.63, 3.8) is 0 Å². The van der Waals surface area contributed by atoms with E-state index in [4.69, 9.17) is 5.73 Å². The van der Waals surface area contributed by atoms with Crippen molar-refractivity contribution in [1.29, 1.82) is 0 Å². The van der Waals surface area contributed by atoms with Gasteiger partial charge in [-0.2, -0.15) is 13.2 Å². The number of nitrogens with zero attached hydrogens (tertiary/aromatic N) is 1. The molecule has 1 rings (SSSR count).